The first-order valence-corrected chi connectivity index (χ1v) is 5.11. The summed E-state index contributed by atoms with van der Waals surface area (Å²) in [5.74, 6) is -1.34. The van der Waals surface area contributed by atoms with Gasteiger partial charge in [0.25, 0.3) is 0 Å². The summed E-state index contributed by atoms with van der Waals surface area (Å²) in [5.41, 5.74) is 0. The van der Waals surface area contributed by atoms with Crippen molar-refractivity contribution in [2.45, 2.75) is 45.8 Å². The lowest BCUT2D eigenvalue weighted by Crippen LogP contribution is -2.40. The normalized spacial score (nSPS) is 14.3. The molecule has 2 N–H and O–H groups in total. The molecule has 88 valence electrons. The first kappa shape index (κ1) is 13.9. The molecule has 2 unspecified atom stereocenters. The van der Waals surface area contributed by atoms with Gasteiger partial charge in [0.2, 0.25) is 5.91 Å². The van der Waals surface area contributed by atoms with E-state index in [9.17, 15) is 9.59 Å². The molecule has 0 aliphatic carbocycles. The molecule has 0 aliphatic heterocycles. The fourth-order valence-corrected chi connectivity index (χ4v) is 1.14. The zero-order chi connectivity index (χ0) is 11.8. The van der Waals surface area contributed by atoms with Crippen LogP contribution in [0.3, 0.4) is 0 Å². The van der Waals surface area contributed by atoms with Gasteiger partial charge in [-0.05, 0) is 20.3 Å². The van der Waals surface area contributed by atoms with Crippen molar-refractivity contribution in [3.8, 4) is 0 Å². The van der Waals surface area contributed by atoms with Crippen molar-refractivity contribution < 1.29 is 19.4 Å². The van der Waals surface area contributed by atoms with Crippen LogP contribution < -0.4 is 5.32 Å². The van der Waals surface area contributed by atoms with Crippen molar-refractivity contribution in [2.24, 2.45) is 0 Å². The molecular weight excluding hydrogens is 198 g/mol. The molecule has 0 aliphatic rings. The lowest BCUT2D eigenvalue weighted by Gasteiger charge is -2.16. The molecule has 0 rings (SSSR count). The minimum absolute atomic E-state index is 0.0957. The maximum Gasteiger partial charge on any atom is 0.329 e. The van der Waals surface area contributed by atoms with E-state index in [-0.39, 0.29) is 11.9 Å². The second-order valence-electron chi connectivity index (χ2n) is 3.55. The number of carboxylic acids is 1. The van der Waals surface area contributed by atoms with Crippen molar-refractivity contribution in [3.05, 3.63) is 0 Å². The molecule has 5 heteroatoms. The van der Waals surface area contributed by atoms with Crippen LogP contribution in [0.4, 0.5) is 0 Å². The third kappa shape index (κ3) is 6.90. The molecule has 0 saturated heterocycles. The van der Waals surface area contributed by atoms with Crippen molar-refractivity contribution >= 4 is 11.9 Å². The monoisotopic (exact) mass is 217 g/mol. The van der Waals surface area contributed by atoms with Gasteiger partial charge in [0.05, 0.1) is 0 Å². The summed E-state index contributed by atoms with van der Waals surface area (Å²) in [6.07, 6.45) is 1.17. The van der Waals surface area contributed by atoms with Crippen LogP contribution in [-0.2, 0) is 14.3 Å². The van der Waals surface area contributed by atoms with Crippen molar-refractivity contribution in [2.75, 3.05) is 6.61 Å². The summed E-state index contributed by atoms with van der Waals surface area (Å²) < 4.78 is 4.83. The third-order valence-electron chi connectivity index (χ3n) is 1.94. The predicted octanol–water partition coefficient (Wildman–Crippen LogP) is 0.781. The van der Waals surface area contributed by atoms with Gasteiger partial charge in [0.1, 0.15) is 12.7 Å². The van der Waals surface area contributed by atoms with Gasteiger partial charge < -0.3 is 15.2 Å². The van der Waals surface area contributed by atoms with Crippen LogP contribution in [0.15, 0.2) is 0 Å². The zero-order valence-electron chi connectivity index (χ0n) is 9.45. The quantitative estimate of drug-likeness (QED) is 0.660. The molecule has 0 aromatic rings. The number of carboxylic acid groups (broad SMARTS) is 1. The highest BCUT2D eigenvalue weighted by Gasteiger charge is 2.16. The molecule has 0 fully saturated rings. The summed E-state index contributed by atoms with van der Waals surface area (Å²) in [5, 5.41) is 11.1. The van der Waals surface area contributed by atoms with E-state index in [4.69, 9.17) is 9.84 Å². The molecule has 1 amide bonds. The number of hydrogen-bond donors (Lipinski definition) is 2. The highest BCUT2D eigenvalue weighted by atomic mass is 16.5. The highest BCUT2D eigenvalue weighted by Crippen LogP contribution is 1.97. The number of ether oxygens (including phenoxy) is 1. The summed E-state index contributed by atoms with van der Waals surface area (Å²) in [6, 6.07) is 0.0957. The second-order valence-corrected chi connectivity index (χ2v) is 3.55. The summed E-state index contributed by atoms with van der Waals surface area (Å²) in [7, 11) is 0. The van der Waals surface area contributed by atoms with Gasteiger partial charge in [-0.1, -0.05) is 13.3 Å². The van der Waals surface area contributed by atoms with E-state index in [2.05, 4.69) is 5.32 Å². The van der Waals surface area contributed by atoms with Crippen molar-refractivity contribution in [3.63, 3.8) is 0 Å². The molecule has 0 saturated carbocycles. The molecule has 0 bridgehead atoms. The molecule has 15 heavy (non-hydrogen) atoms. The van der Waals surface area contributed by atoms with Gasteiger partial charge in [-0.25, -0.2) is 4.79 Å². The van der Waals surface area contributed by atoms with E-state index >= 15 is 0 Å². The Kier molecular flexibility index (Phi) is 6.70. The lowest BCUT2D eigenvalue weighted by atomic mass is 10.2. The van der Waals surface area contributed by atoms with Gasteiger partial charge in [0.15, 0.2) is 0 Å². The zero-order valence-corrected chi connectivity index (χ0v) is 9.45. The summed E-state index contributed by atoms with van der Waals surface area (Å²) in [6.45, 7) is 5.03. The van der Waals surface area contributed by atoms with Crippen LogP contribution >= 0.6 is 0 Å². The molecule has 0 spiro atoms. The second kappa shape index (κ2) is 7.23. The van der Waals surface area contributed by atoms with Crippen LogP contribution in [0.2, 0.25) is 0 Å². The Morgan fingerprint density at radius 2 is 2.00 bits per heavy atom. The predicted molar refractivity (Wildman–Crippen MR) is 55.6 cm³/mol. The lowest BCUT2D eigenvalue weighted by molar-refractivity contribution is -0.147. The van der Waals surface area contributed by atoms with Crippen molar-refractivity contribution in [1.29, 1.82) is 0 Å². The Bertz CT molecular complexity index is 217. The van der Waals surface area contributed by atoms with E-state index in [0.29, 0.717) is 0 Å². The van der Waals surface area contributed by atoms with Crippen molar-refractivity contribution in [1.82, 2.24) is 5.32 Å². The fourth-order valence-electron chi connectivity index (χ4n) is 1.14. The largest absolute Gasteiger partial charge is 0.480 e. The van der Waals surface area contributed by atoms with Crippen LogP contribution in [0.1, 0.15) is 33.6 Å². The molecule has 0 aromatic heterocycles. The smallest absolute Gasteiger partial charge is 0.329 e. The average Bonchev–Trinajstić information content (AvgIpc) is 2.14. The first-order valence-electron chi connectivity index (χ1n) is 5.11. The Morgan fingerprint density at radius 3 is 2.47 bits per heavy atom. The molecule has 0 heterocycles. The van der Waals surface area contributed by atoms with E-state index in [1.165, 1.54) is 6.92 Å². The van der Waals surface area contributed by atoms with Crippen LogP contribution in [-0.4, -0.2) is 35.7 Å². The number of aliphatic carboxylic acids is 1. The van der Waals surface area contributed by atoms with E-state index < -0.39 is 18.7 Å². The molecule has 5 nitrogen and oxygen atoms in total. The van der Waals surface area contributed by atoms with Gasteiger partial charge in [-0.3, -0.25) is 4.79 Å². The van der Waals surface area contributed by atoms with Gasteiger partial charge >= 0.3 is 5.97 Å². The Labute approximate surface area is 89.8 Å². The Balaban J connectivity index is 3.82. The maximum atomic E-state index is 11.4. The van der Waals surface area contributed by atoms with Crippen LogP contribution in [0, 0.1) is 0 Å². The fraction of sp³-hybridized carbons (Fsp3) is 0.800. The van der Waals surface area contributed by atoms with Crippen LogP contribution in [0.5, 0.6) is 0 Å². The van der Waals surface area contributed by atoms with E-state index in [0.717, 1.165) is 12.8 Å². The number of hydrogen-bond acceptors (Lipinski definition) is 3. The SMILES string of the molecule is CCCC(C)NC(=O)C(C)OCC(=O)O. The average molecular weight is 217 g/mol. The minimum atomic E-state index is -1.07. The van der Waals surface area contributed by atoms with Gasteiger partial charge in [-0.2, -0.15) is 0 Å². The number of nitrogens with one attached hydrogen (secondary N) is 1. The molecule has 0 aromatic carbocycles. The van der Waals surface area contributed by atoms with E-state index in [1.54, 1.807) is 0 Å². The number of carbonyl (C=O) groups excluding carboxylic acids is 1. The Morgan fingerprint density at radius 1 is 1.40 bits per heavy atom. The Hall–Kier alpha value is -1.10. The topological polar surface area (TPSA) is 75.6 Å². The number of rotatable bonds is 7. The summed E-state index contributed by atoms with van der Waals surface area (Å²) in [4.78, 5) is 21.6. The minimum Gasteiger partial charge on any atom is -0.480 e. The highest BCUT2D eigenvalue weighted by molar-refractivity contribution is 5.81. The summed E-state index contributed by atoms with van der Waals surface area (Å²) >= 11 is 0. The first-order chi connectivity index (χ1) is 6.97. The molecular formula is C10H19NO4. The van der Waals surface area contributed by atoms with E-state index in [1.807, 2.05) is 13.8 Å². The van der Waals surface area contributed by atoms with Gasteiger partial charge in [0, 0.05) is 6.04 Å². The third-order valence-corrected chi connectivity index (χ3v) is 1.94. The molecule has 2 atom stereocenters. The van der Waals surface area contributed by atoms with Crippen LogP contribution in [0.25, 0.3) is 0 Å². The number of amides is 1. The molecule has 0 radical (unpaired) electrons. The number of carbonyl (C=O) groups is 2. The standard InChI is InChI=1S/C10H19NO4/c1-4-5-7(2)11-10(14)8(3)15-6-9(12)13/h7-8H,4-6H2,1-3H3,(H,11,14)(H,12,13). The maximum absolute atomic E-state index is 11.4. The van der Waals surface area contributed by atoms with Gasteiger partial charge in [-0.15, -0.1) is 0 Å².